The van der Waals surface area contributed by atoms with Gasteiger partial charge < -0.3 is 10.4 Å². The number of thiazole rings is 1. The number of benzene rings is 1. The highest BCUT2D eigenvalue weighted by Gasteiger charge is 2.30. The van der Waals surface area contributed by atoms with Crippen molar-refractivity contribution in [2.75, 3.05) is 13.2 Å². The van der Waals surface area contributed by atoms with Crippen LogP contribution in [0.4, 0.5) is 13.2 Å². The van der Waals surface area contributed by atoms with Crippen molar-refractivity contribution < 1.29 is 23.1 Å². The van der Waals surface area contributed by atoms with Crippen molar-refractivity contribution in [2.24, 2.45) is 0 Å². The van der Waals surface area contributed by atoms with E-state index in [0.29, 0.717) is 47.0 Å². The van der Waals surface area contributed by atoms with Gasteiger partial charge in [0.1, 0.15) is 0 Å². The number of rotatable bonds is 7. The molecule has 0 spiro atoms. The fraction of sp³-hybridized carbons (Fsp3) is 0.316. The summed E-state index contributed by atoms with van der Waals surface area (Å²) in [5.74, 6) is -0.277. The number of halogens is 3. The Labute approximate surface area is 169 Å². The number of aromatic nitrogens is 3. The summed E-state index contributed by atoms with van der Waals surface area (Å²) >= 11 is 1.22. The van der Waals surface area contributed by atoms with Gasteiger partial charge in [0, 0.05) is 24.1 Å². The fourth-order valence-corrected chi connectivity index (χ4v) is 3.55. The van der Waals surface area contributed by atoms with Crippen LogP contribution in [0.15, 0.2) is 35.8 Å². The molecule has 2 heterocycles. The third kappa shape index (κ3) is 4.83. The maximum atomic E-state index is 12.9. The summed E-state index contributed by atoms with van der Waals surface area (Å²) in [6, 6.07) is 4.98. The predicted molar refractivity (Wildman–Crippen MR) is 103 cm³/mol. The Morgan fingerprint density at radius 1 is 1.31 bits per heavy atom. The van der Waals surface area contributed by atoms with E-state index in [-0.39, 0.29) is 12.5 Å². The van der Waals surface area contributed by atoms with Gasteiger partial charge in [0.15, 0.2) is 0 Å². The number of unbranched alkanes of at least 4 members (excludes halogenated alkanes) is 1. The molecule has 29 heavy (non-hydrogen) atoms. The van der Waals surface area contributed by atoms with E-state index in [1.165, 1.54) is 28.3 Å². The van der Waals surface area contributed by atoms with Gasteiger partial charge in [-0.25, -0.2) is 9.67 Å². The molecule has 0 radical (unpaired) electrons. The summed E-state index contributed by atoms with van der Waals surface area (Å²) in [7, 11) is 0. The second-order valence-corrected chi connectivity index (χ2v) is 7.17. The molecule has 0 aliphatic heterocycles. The molecule has 3 rings (SSSR count). The minimum atomic E-state index is -4.42. The first kappa shape index (κ1) is 21.0. The van der Waals surface area contributed by atoms with Gasteiger partial charge in [-0.2, -0.15) is 18.3 Å². The van der Waals surface area contributed by atoms with Crippen LogP contribution >= 0.6 is 11.3 Å². The van der Waals surface area contributed by atoms with Crippen LogP contribution in [0.3, 0.4) is 0 Å². The van der Waals surface area contributed by atoms with E-state index in [0.717, 1.165) is 12.1 Å². The number of carbonyl (C=O) groups excluding carboxylic acids is 1. The van der Waals surface area contributed by atoms with E-state index in [2.05, 4.69) is 15.4 Å². The van der Waals surface area contributed by atoms with E-state index in [4.69, 9.17) is 5.11 Å². The van der Waals surface area contributed by atoms with Crippen molar-refractivity contribution in [1.29, 1.82) is 0 Å². The smallest absolute Gasteiger partial charge is 0.396 e. The molecule has 10 heteroatoms. The lowest BCUT2D eigenvalue weighted by Gasteiger charge is -2.07. The summed E-state index contributed by atoms with van der Waals surface area (Å²) in [5.41, 5.74) is 0.995. The van der Waals surface area contributed by atoms with E-state index >= 15 is 0 Å². The maximum absolute atomic E-state index is 12.9. The van der Waals surface area contributed by atoms with Gasteiger partial charge in [-0.3, -0.25) is 4.79 Å². The summed E-state index contributed by atoms with van der Waals surface area (Å²) < 4.78 is 40.3. The first-order valence-electron chi connectivity index (χ1n) is 8.88. The van der Waals surface area contributed by atoms with E-state index in [9.17, 15) is 18.0 Å². The van der Waals surface area contributed by atoms with Crippen LogP contribution in [-0.2, 0) is 6.18 Å². The zero-order valence-electron chi connectivity index (χ0n) is 15.5. The molecule has 154 valence electrons. The average Bonchev–Trinajstić information content (AvgIpc) is 3.31. The Hall–Kier alpha value is -2.72. The third-order valence-corrected chi connectivity index (χ3v) is 5.10. The number of hydrogen-bond acceptors (Lipinski definition) is 5. The van der Waals surface area contributed by atoms with Crippen LogP contribution in [0, 0.1) is 6.92 Å². The summed E-state index contributed by atoms with van der Waals surface area (Å²) in [6.07, 6.45) is -1.72. The number of nitrogens with zero attached hydrogens (tertiary/aromatic N) is 3. The fourth-order valence-electron chi connectivity index (χ4n) is 2.71. The summed E-state index contributed by atoms with van der Waals surface area (Å²) in [6.45, 7) is 2.24. The van der Waals surface area contributed by atoms with Crippen LogP contribution in [0.2, 0.25) is 0 Å². The molecular weight excluding hydrogens is 405 g/mol. The quantitative estimate of drug-likeness (QED) is 0.565. The van der Waals surface area contributed by atoms with Crippen molar-refractivity contribution in [1.82, 2.24) is 20.1 Å². The minimum absolute atomic E-state index is 0.0745. The van der Waals surface area contributed by atoms with Gasteiger partial charge in [0.25, 0.3) is 5.91 Å². The molecule has 0 bridgehead atoms. The van der Waals surface area contributed by atoms with Gasteiger partial charge in [-0.05, 0) is 31.9 Å². The second-order valence-electron chi connectivity index (χ2n) is 6.34. The van der Waals surface area contributed by atoms with Crippen LogP contribution in [-0.4, -0.2) is 38.9 Å². The zero-order valence-corrected chi connectivity index (χ0v) is 16.3. The lowest BCUT2D eigenvalue weighted by Crippen LogP contribution is -2.25. The highest BCUT2D eigenvalue weighted by atomic mass is 32.1. The second kappa shape index (κ2) is 8.75. The van der Waals surface area contributed by atoms with Gasteiger partial charge >= 0.3 is 6.18 Å². The van der Waals surface area contributed by atoms with Crippen molar-refractivity contribution in [3.63, 3.8) is 0 Å². The molecule has 1 aromatic carbocycles. The SMILES string of the molecule is Cc1c(C(=O)NCCCCO)cnn1-c1nc(-c2cccc(C(F)(F)F)c2)cs1. The normalized spacial score (nSPS) is 11.6. The monoisotopic (exact) mass is 424 g/mol. The van der Waals surface area contributed by atoms with Crippen molar-refractivity contribution in [2.45, 2.75) is 25.9 Å². The molecule has 6 nitrogen and oxygen atoms in total. The largest absolute Gasteiger partial charge is 0.416 e. The minimum Gasteiger partial charge on any atom is -0.396 e. The molecule has 2 N–H and O–H groups in total. The van der Waals surface area contributed by atoms with Crippen LogP contribution < -0.4 is 5.32 Å². The number of hydrogen-bond donors (Lipinski definition) is 2. The maximum Gasteiger partial charge on any atom is 0.416 e. The Morgan fingerprint density at radius 3 is 2.83 bits per heavy atom. The molecule has 2 aromatic heterocycles. The first-order chi connectivity index (χ1) is 13.8. The molecule has 0 unspecified atom stereocenters. The molecule has 0 saturated carbocycles. The summed E-state index contributed by atoms with van der Waals surface area (Å²) in [5, 5.41) is 17.8. The lowest BCUT2D eigenvalue weighted by molar-refractivity contribution is -0.137. The molecule has 0 aliphatic carbocycles. The Morgan fingerprint density at radius 2 is 2.10 bits per heavy atom. The number of nitrogens with one attached hydrogen (secondary N) is 1. The van der Waals surface area contributed by atoms with Crippen LogP contribution in [0.25, 0.3) is 16.4 Å². The standard InChI is InChI=1S/C19H19F3N4O2S/c1-12-15(17(28)23-7-2-3-8-27)10-24-26(12)18-25-16(11-29-18)13-5-4-6-14(9-13)19(20,21)22/h4-6,9-11,27H,2-3,7-8H2,1H3,(H,23,28). The molecule has 0 atom stereocenters. The molecule has 0 fully saturated rings. The number of aliphatic hydroxyl groups excluding tert-OH is 1. The number of alkyl halides is 3. The Kier molecular flexibility index (Phi) is 6.33. The van der Waals surface area contributed by atoms with Crippen molar-refractivity contribution in [3.05, 3.63) is 52.7 Å². The summed E-state index contributed by atoms with van der Waals surface area (Å²) in [4.78, 5) is 16.7. The average molecular weight is 424 g/mol. The number of carbonyl (C=O) groups is 1. The van der Waals surface area contributed by atoms with Crippen LogP contribution in [0.5, 0.6) is 0 Å². The van der Waals surface area contributed by atoms with E-state index in [1.54, 1.807) is 18.4 Å². The molecule has 3 aromatic rings. The molecule has 0 saturated heterocycles. The Bertz CT molecular complexity index is 998. The highest BCUT2D eigenvalue weighted by Crippen LogP contribution is 2.33. The predicted octanol–water partition coefficient (Wildman–Crippen LogP) is 3.83. The topological polar surface area (TPSA) is 80.0 Å². The number of amides is 1. The van der Waals surface area contributed by atoms with Gasteiger partial charge in [0.05, 0.1) is 28.7 Å². The van der Waals surface area contributed by atoms with E-state index in [1.807, 2.05) is 0 Å². The molecular formula is C19H19F3N4O2S. The lowest BCUT2D eigenvalue weighted by atomic mass is 10.1. The zero-order chi connectivity index (χ0) is 21.0. The molecule has 0 aliphatic rings. The van der Waals surface area contributed by atoms with Crippen LogP contribution in [0.1, 0.15) is 34.5 Å². The van der Waals surface area contributed by atoms with E-state index < -0.39 is 11.7 Å². The molecule has 1 amide bonds. The van der Waals surface area contributed by atoms with Crippen molar-refractivity contribution >= 4 is 17.2 Å². The van der Waals surface area contributed by atoms with Gasteiger partial charge in [-0.1, -0.05) is 12.1 Å². The van der Waals surface area contributed by atoms with Crippen molar-refractivity contribution in [3.8, 4) is 16.4 Å². The Balaban J connectivity index is 1.79. The highest BCUT2D eigenvalue weighted by molar-refractivity contribution is 7.12. The first-order valence-corrected chi connectivity index (χ1v) is 9.76. The number of aliphatic hydroxyl groups is 1. The van der Waals surface area contributed by atoms with Gasteiger partial charge in [-0.15, -0.1) is 11.3 Å². The van der Waals surface area contributed by atoms with Gasteiger partial charge in [0.2, 0.25) is 5.13 Å². The third-order valence-electron chi connectivity index (χ3n) is 4.28.